The van der Waals surface area contributed by atoms with Gasteiger partial charge in [0.1, 0.15) is 22.4 Å². The van der Waals surface area contributed by atoms with E-state index < -0.39 is 39.5 Å². The lowest BCUT2D eigenvalue weighted by Crippen LogP contribution is -2.22. The van der Waals surface area contributed by atoms with Crippen LogP contribution in [0.2, 0.25) is 0 Å². The van der Waals surface area contributed by atoms with E-state index in [4.69, 9.17) is 0 Å². The summed E-state index contributed by atoms with van der Waals surface area (Å²) < 4.78 is 84.2. The smallest absolute Gasteiger partial charge is 0.403 e. The molecule has 1 heterocycles. The van der Waals surface area contributed by atoms with Crippen molar-refractivity contribution in [3.8, 4) is 5.75 Å². The van der Waals surface area contributed by atoms with Crippen LogP contribution in [0.15, 0.2) is 40.9 Å². The molecule has 4 nitrogen and oxygen atoms in total. The fraction of sp³-hybridized carbons (Fsp3) is 0.294. The highest BCUT2D eigenvalue weighted by atomic mass is 32.2. The molecule has 0 aliphatic heterocycles. The summed E-state index contributed by atoms with van der Waals surface area (Å²) in [5.74, 6) is -3.20. The molecule has 0 saturated heterocycles. The van der Waals surface area contributed by atoms with Crippen LogP contribution in [-0.4, -0.2) is 26.0 Å². The summed E-state index contributed by atoms with van der Waals surface area (Å²) in [4.78, 5) is 3.83. The predicted octanol–water partition coefficient (Wildman–Crippen LogP) is 4.56. The molecule has 0 amide bonds. The second kappa shape index (κ2) is 7.71. The summed E-state index contributed by atoms with van der Waals surface area (Å²) >= 11 is 0. The van der Waals surface area contributed by atoms with Crippen molar-refractivity contribution in [2.75, 3.05) is 0 Å². The number of aromatic nitrogens is 1. The predicted molar refractivity (Wildman–Crippen MR) is 90.8 cm³/mol. The van der Waals surface area contributed by atoms with Crippen LogP contribution < -0.4 is 4.74 Å². The molecule has 10 heteroatoms. The summed E-state index contributed by atoms with van der Waals surface area (Å²) in [5, 5.41) is 0. The molecular weight excluding hydrogens is 391 g/mol. The first-order chi connectivity index (χ1) is 12.4. The fourth-order valence-corrected chi connectivity index (χ4v) is 2.50. The molecule has 0 fully saturated rings. The van der Waals surface area contributed by atoms with Gasteiger partial charge in [0.2, 0.25) is 0 Å². The van der Waals surface area contributed by atoms with Crippen molar-refractivity contribution < 1.29 is 30.9 Å². The van der Waals surface area contributed by atoms with Crippen molar-refractivity contribution in [3.63, 3.8) is 0 Å². The summed E-state index contributed by atoms with van der Waals surface area (Å²) in [6.07, 6.45) is -3.81. The average Bonchev–Trinajstić information content (AvgIpc) is 2.53. The van der Waals surface area contributed by atoms with E-state index in [1.807, 2.05) is 0 Å². The molecule has 0 aliphatic carbocycles. The van der Waals surface area contributed by atoms with Gasteiger partial charge < -0.3 is 4.74 Å². The number of benzene rings is 1. The van der Waals surface area contributed by atoms with Gasteiger partial charge in [0.15, 0.2) is 17.4 Å². The highest BCUT2D eigenvalue weighted by Crippen LogP contribution is 2.27. The van der Waals surface area contributed by atoms with E-state index in [1.54, 1.807) is 20.8 Å². The number of pyridine rings is 1. The van der Waals surface area contributed by atoms with E-state index in [0.29, 0.717) is 6.07 Å². The Kier molecular flexibility index (Phi) is 5.98. The Bertz CT molecular complexity index is 892. The molecule has 0 N–H and O–H groups in total. The highest BCUT2D eigenvalue weighted by Gasteiger charge is 2.32. The van der Waals surface area contributed by atoms with Crippen molar-refractivity contribution in [2.24, 2.45) is 4.40 Å². The van der Waals surface area contributed by atoms with Crippen LogP contribution in [0.1, 0.15) is 32.0 Å². The normalized spacial score (nSPS) is 14.1. The van der Waals surface area contributed by atoms with Gasteiger partial charge in [-0.15, -0.1) is 13.2 Å². The van der Waals surface area contributed by atoms with Crippen molar-refractivity contribution in [1.82, 2.24) is 4.98 Å². The lowest BCUT2D eigenvalue weighted by Gasteiger charge is -2.16. The van der Waals surface area contributed by atoms with Crippen LogP contribution in [0.4, 0.5) is 22.0 Å². The Balaban J connectivity index is 2.58. The van der Waals surface area contributed by atoms with Gasteiger partial charge in [0.25, 0.3) is 0 Å². The Labute approximate surface area is 154 Å². The Morgan fingerprint density at radius 3 is 2.30 bits per heavy atom. The Morgan fingerprint density at radius 1 is 1.11 bits per heavy atom. The van der Waals surface area contributed by atoms with Crippen LogP contribution >= 0.6 is 0 Å². The van der Waals surface area contributed by atoms with E-state index in [2.05, 4.69) is 14.1 Å². The van der Waals surface area contributed by atoms with Crippen molar-refractivity contribution >= 4 is 16.7 Å². The molecule has 1 aromatic heterocycles. The van der Waals surface area contributed by atoms with E-state index in [-0.39, 0.29) is 17.0 Å². The number of halogens is 5. The average molecular weight is 406 g/mol. The lowest BCUT2D eigenvalue weighted by atomic mass is 10.1. The zero-order chi connectivity index (χ0) is 20.4. The molecule has 0 aliphatic rings. The van der Waals surface area contributed by atoms with Gasteiger partial charge in [-0.3, -0.25) is 4.98 Å². The number of nitrogens with zero attached hydrogens (tertiary/aromatic N) is 2. The third kappa shape index (κ3) is 5.56. The fourth-order valence-electron chi connectivity index (χ4n) is 1.87. The SMILES string of the molecule is CC(C)(C)S(=O)N=C(c1ccc(OC(F)(F)F)c(F)c1)c1ncccc1F. The van der Waals surface area contributed by atoms with Gasteiger partial charge in [0.05, 0.1) is 4.75 Å². The van der Waals surface area contributed by atoms with Gasteiger partial charge in [-0.1, -0.05) is 0 Å². The van der Waals surface area contributed by atoms with Crippen LogP contribution in [-0.2, 0) is 11.0 Å². The molecule has 0 bridgehead atoms. The monoisotopic (exact) mass is 406 g/mol. The van der Waals surface area contributed by atoms with Gasteiger partial charge in [-0.05, 0) is 51.1 Å². The van der Waals surface area contributed by atoms with Crippen LogP contribution in [0.3, 0.4) is 0 Å². The van der Waals surface area contributed by atoms with Crippen molar-refractivity contribution in [2.45, 2.75) is 31.9 Å². The van der Waals surface area contributed by atoms with E-state index in [0.717, 1.165) is 18.2 Å². The first-order valence-corrected chi connectivity index (χ1v) is 8.66. The van der Waals surface area contributed by atoms with Gasteiger partial charge in [0, 0.05) is 11.8 Å². The maximum absolute atomic E-state index is 14.2. The molecular formula is C17H15F5N2O2S. The first kappa shape index (κ1) is 20.9. The molecule has 0 saturated carbocycles. The molecule has 2 rings (SSSR count). The highest BCUT2D eigenvalue weighted by molar-refractivity contribution is 7.85. The molecule has 1 aromatic carbocycles. The van der Waals surface area contributed by atoms with E-state index >= 15 is 0 Å². The van der Waals surface area contributed by atoms with Crippen LogP contribution in [0.5, 0.6) is 5.75 Å². The quantitative estimate of drug-likeness (QED) is 0.553. The third-order valence-electron chi connectivity index (χ3n) is 3.11. The first-order valence-electron chi connectivity index (χ1n) is 7.56. The number of hydrogen-bond donors (Lipinski definition) is 0. The van der Waals surface area contributed by atoms with Gasteiger partial charge in [-0.25, -0.2) is 13.0 Å². The second-order valence-electron chi connectivity index (χ2n) is 6.33. The van der Waals surface area contributed by atoms with Crippen LogP contribution in [0.25, 0.3) is 0 Å². The molecule has 146 valence electrons. The van der Waals surface area contributed by atoms with E-state index in [1.165, 1.54) is 12.3 Å². The maximum atomic E-state index is 14.2. The summed E-state index contributed by atoms with van der Waals surface area (Å²) in [5.41, 5.74) is -0.657. The summed E-state index contributed by atoms with van der Waals surface area (Å²) in [7, 11) is -1.86. The lowest BCUT2D eigenvalue weighted by molar-refractivity contribution is -0.275. The number of alkyl halides is 3. The molecule has 0 spiro atoms. The molecule has 1 unspecified atom stereocenters. The number of hydrogen-bond acceptors (Lipinski definition) is 3. The van der Waals surface area contributed by atoms with Crippen molar-refractivity contribution in [3.05, 3.63) is 59.4 Å². The standard InChI is InChI=1S/C17H15F5N2O2S/c1-16(2,3)27(25)24-14(15-11(18)5-4-8-23-15)10-6-7-13(12(19)9-10)26-17(20,21)22/h4-9H,1-3H3. The minimum atomic E-state index is -5.07. The molecule has 27 heavy (non-hydrogen) atoms. The minimum Gasteiger partial charge on any atom is -0.403 e. The topological polar surface area (TPSA) is 51.5 Å². The molecule has 2 aromatic rings. The summed E-state index contributed by atoms with van der Waals surface area (Å²) in [6, 6.07) is 4.87. The van der Waals surface area contributed by atoms with Crippen LogP contribution in [0, 0.1) is 11.6 Å². The second-order valence-corrected chi connectivity index (χ2v) is 8.23. The number of rotatable bonds is 4. The maximum Gasteiger partial charge on any atom is 0.573 e. The zero-order valence-corrected chi connectivity index (χ0v) is 15.3. The number of ether oxygens (including phenoxy) is 1. The zero-order valence-electron chi connectivity index (χ0n) is 14.5. The third-order valence-corrected chi connectivity index (χ3v) is 4.51. The van der Waals surface area contributed by atoms with E-state index in [9.17, 15) is 26.2 Å². The Hall–Kier alpha value is -2.36. The molecule has 1 atom stereocenters. The summed E-state index contributed by atoms with van der Waals surface area (Å²) in [6.45, 7) is 4.87. The molecule has 0 radical (unpaired) electrons. The minimum absolute atomic E-state index is 0.0998. The van der Waals surface area contributed by atoms with Gasteiger partial charge >= 0.3 is 6.36 Å². The Morgan fingerprint density at radius 2 is 1.78 bits per heavy atom. The van der Waals surface area contributed by atoms with Crippen molar-refractivity contribution in [1.29, 1.82) is 0 Å². The van der Waals surface area contributed by atoms with Gasteiger partial charge in [-0.2, -0.15) is 4.40 Å². The largest absolute Gasteiger partial charge is 0.573 e.